The Morgan fingerprint density at radius 3 is 2.52 bits per heavy atom. The van der Waals surface area contributed by atoms with E-state index in [1.807, 2.05) is 37.3 Å². The minimum Gasteiger partial charge on any atom is -0.480 e. The van der Waals surface area contributed by atoms with Gasteiger partial charge in [-0.3, -0.25) is 4.79 Å². The second kappa shape index (κ2) is 8.95. The maximum atomic E-state index is 12.0. The predicted octanol–water partition coefficient (Wildman–Crippen LogP) is 3.11. The highest BCUT2D eigenvalue weighted by atomic mass is 16.4. The quantitative estimate of drug-likeness (QED) is 0.686. The minimum absolute atomic E-state index is 0.105. The number of benzene rings is 1. The highest BCUT2D eigenvalue weighted by Gasteiger charge is 2.21. The molecule has 0 aliphatic heterocycles. The van der Waals surface area contributed by atoms with Gasteiger partial charge in [0.2, 0.25) is 5.91 Å². The lowest BCUT2D eigenvalue weighted by atomic mass is 9.95. The van der Waals surface area contributed by atoms with Gasteiger partial charge in [0.25, 0.3) is 0 Å². The maximum absolute atomic E-state index is 12.0. The number of aliphatic carboxylic acids is 1. The molecule has 1 rings (SSSR count). The second-order valence-corrected chi connectivity index (χ2v) is 5.06. The highest BCUT2D eigenvalue weighted by molar-refractivity contribution is 5.84. The summed E-state index contributed by atoms with van der Waals surface area (Å²) >= 11 is 0. The van der Waals surface area contributed by atoms with E-state index in [1.54, 1.807) is 6.08 Å². The molecule has 0 saturated heterocycles. The average Bonchev–Trinajstić information content (AvgIpc) is 2.49. The number of rotatable bonds is 9. The van der Waals surface area contributed by atoms with E-state index < -0.39 is 12.0 Å². The third kappa shape index (κ3) is 5.81. The van der Waals surface area contributed by atoms with Crippen LogP contribution in [0, 0.1) is 0 Å². The number of nitrogens with one attached hydrogen (secondary N) is 1. The van der Waals surface area contributed by atoms with Crippen molar-refractivity contribution in [1.82, 2.24) is 5.32 Å². The van der Waals surface area contributed by atoms with Gasteiger partial charge in [-0.15, -0.1) is 6.58 Å². The first-order valence-corrected chi connectivity index (χ1v) is 7.28. The van der Waals surface area contributed by atoms with Crippen molar-refractivity contribution in [1.29, 1.82) is 0 Å². The molecule has 0 aliphatic rings. The molecule has 114 valence electrons. The largest absolute Gasteiger partial charge is 0.480 e. The third-order valence-corrected chi connectivity index (χ3v) is 3.40. The van der Waals surface area contributed by atoms with Gasteiger partial charge in [-0.1, -0.05) is 56.2 Å². The molecule has 1 aromatic rings. The van der Waals surface area contributed by atoms with Gasteiger partial charge in [0, 0.05) is 12.3 Å². The first-order valence-electron chi connectivity index (χ1n) is 7.28. The zero-order chi connectivity index (χ0) is 15.7. The van der Waals surface area contributed by atoms with Gasteiger partial charge in [0.1, 0.15) is 6.04 Å². The monoisotopic (exact) mass is 289 g/mol. The zero-order valence-corrected chi connectivity index (χ0v) is 12.4. The minimum atomic E-state index is -0.980. The normalized spacial score (nSPS) is 13.2. The molecular formula is C17H23NO3. The molecule has 0 heterocycles. The fourth-order valence-corrected chi connectivity index (χ4v) is 2.16. The third-order valence-electron chi connectivity index (χ3n) is 3.40. The summed E-state index contributed by atoms with van der Waals surface area (Å²) in [5.41, 5.74) is 1.00. The number of hydrogen-bond donors (Lipinski definition) is 2. The molecule has 0 aliphatic carbocycles. The fraction of sp³-hybridized carbons (Fsp3) is 0.412. The Hall–Kier alpha value is -2.10. The first kappa shape index (κ1) is 17.0. The lowest BCUT2D eigenvalue weighted by Gasteiger charge is -2.17. The maximum Gasteiger partial charge on any atom is 0.326 e. The van der Waals surface area contributed by atoms with Gasteiger partial charge in [-0.25, -0.2) is 4.79 Å². The number of allylic oxidation sites excluding steroid dienone is 1. The Morgan fingerprint density at radius 2 is 2.00 bits per heavy atom. The van der Waals surface area contributed by atoms with Crippen LogP contribution in [-0.2, 0) is 9.59 Å². The van der Waals surface area contributed by atoms with Crippen LogP contribution in [0.4, 0.5) is 0 Å². The molecular weight excluding hydrogens is 266 g/mol. The summed E-state index contributed by atoms with van der Waals surface area (Å²) in [5, 5.41) is 11.7. The van der Waals surface area contributed by atoms with Crippen molar-refractivity contribution in [3.8, 4) is 0 Å². The van der Waals surface area contributed by atoms with Crippen LogP contribution < -0.4 is 5.32 Å². The van der Waals surface area contributed by atoms with Crippen LogP contribution >= 0.6 is 0 Å². The standard InChI is InChI=1S/C17H23NO3/c1-3-5-11-15(17(20)21)18-16(19)12-13(4-2)14-9-7-6-8-10-14/h4,6-10,13,15H,2-3,5,11-12H2,1H3,(H,18,19)(H,20,21). The number of hydrogen-bond acceptors (Lipinski definition) is 2. The Bertz CT molecular complexity index is 470. The van der Waals surface area contributed by atoms with Crippen LogP contribution in [0.2, 0.25) is 0 Å². The number of unbranched alkanes of at least 4 members (excludes halogenated alkanes) is 1. The summed E-state index contributed by atoms with van der Waals surface area (Å²) in [6.07, 6.45) is 4.07. The van der Waals surface area contributed by atoms with E-state index in [-0.39, 0.29) is 18.2 Å². The summed E-state index contributed by atoms with van der Waals surface area (Å²) in [5.74, 6) is -1.34. The van der Waals surface area contributed by atoms with Crippen LogP contribution in [0.15, 0.2) is 43.0 Å². The van der Waals surface area contributed by atoms with E-state index in [4.69, 9.17) is 5.11 Å². The molecule has 0 fully saturated rings. The van der Waals surface area contributed by atoms with Gasteiger partial charge < -0.3 is 10.4 Å². The number of carbonyl (C=O) groups excluding carboxylic acids is 1. The lowest BCUT2D eigenvalue weighted by molar-refractivity contribution is -0.142. The average molecular weight is 289 g/mol. The Morgan fingerprint density at radius 1 is 1.33 bits per heavy atom. The van der Waals surface area contributed by atoms with Crippen molar-refractivity contribution in [2.75, 3.05) is 0 Å². The van der Waals surface area contributed by atoms with Crippen LogP contribution in [0.3, 0.4) is 0 Å². The van der Waals surface area contributed by atoms with Gasteiger partial charge in [0.05, 0.1) is 0 Å². The first-order chi connectivity index (χ1) is 10.1. The van der Waals surface area contributed by atoms with Crippen molar-refractivity contribution in [3.63, 3.8) is 0 Å². The van der Waals surface area contributed by atoms with Crippen LogP contribution in [0.1, 0.15) is 44.1 Å². The summed E-state index contributed by atoms with van der Waals surface area (Å²) in [6.45, 7) is 5.75. The SMILES string of the molecule is C=CC(CC(=O)NC(CCCC)C(=O)O)c1ccccc1. The summed E-state index contributed by atoms with van der Waals surface area (Å²) in [6, 6.07) is 8.79. The molecule has 2 atom stereocenters. The zero-order valence-electron chi connectivity index (χ0n) is 12.4. The molecule has 4 nitrogen and oxygen atoms in total. The number of carboxylic acids is 1. The molecule has 0 spiro atoms. The van der Waals surface area contributed by atoms with Crippen LogP contribution in [-0.4, -0.2) is 23.0 Å². The number of carboxylic acid groups (broad SMARTS) is 1. The van der Waals surface area contributed by atoms with E-state index in [0.29, 0.717) is 6.42 Å². The molecule has 0 saturated carbocycles. The van der Waals surface area contributed by atoms with Gasteiger partial charge >= 0.3 is 5.97 Å². The van der Waals surface area contributed by atoms with E-state index in [0.717, 1.165) is 18.4 Å². The molecule has 21 heavy (non-hydrogen) atoms. The molecule has 0 aromatic heterocycles. The van der Waals surface area contributed by atoms with E-state index >= 15 is 0 Å². The van der Waals surface area contributed by atoms with E-state index in [9.17, 15) is 9.59 Å². The number of amides is 1. The van der Waals surface area contributed by atoms with Crippen molar-refractivity contribution in [2.24, 2.45) is 0 Å². The topological polar surface area (TPSA) is 66.4 Å². The van der Waals surface area contributed by atoms with Crippen molar-refractivity contribution >= 4 is 11.9 Å². The Labute approximate surface area is 125 Å². The highest BCUT2D eigenvalue weighted by Crippen LogP contribution is 2.20. The molecule has 0 radical (unpaired) electrons. The Balaban J connectivity index is 2.61. The Kier molecular flexibility index (Phi) is 7.23. The van der Waals surface area contributed by atoms with Crippen LogP contribution in [0.5, 0.6) is 0 Å². The van der Waals surface area contributed by atoms with Crippen molar-refractivity contribution in [3.05, 3.63) is 48.6 Å². The van der Waals surface area contributed by atoms with Gasteiger partial charge in [-0.05, 0) is 12.0 Å². The summed E-state index contributed by atoms with van der Waals surface area (Å²) < 4.78 is 0. The second-order valence-electron chi connectivity index (χ2n) is 5.06. The smallest absolute Gasteiger partial charge is 0.326 e. The van der Waals surface area contributed by atoms with Crippen molar-refractivity contribution in [2.45, 2.75) is 44.6 Å². The predicted molar refractivity (Wildman–Crippen MR) is 83.1 cm³/mol. The molecule has 2 N–H and O–H groups in total. The molecule has 0 bridgehead atoms. The molecule has 4 heteroatoms. The van der Waals surface area contributed by atoms with E-state index in [1.165, 1.54) is 0 Å². The molecule has 1 aromatic carbocycles. The lowest BCUT2D eigenvalue weighted by Crippen LogP contribution is -2.41. The summed E-state index contributed by atoms with van der Waals surface area (Å²) in [4.78, 5) is 23.2. The van der Waals surface area contributed by atoms with Gasteiger partial charge in [0.15, 0.2) is 0 Å². The molecule has 2 unspecified atom stereocenters. The summed E-state index contributed by atoms with van der Waals surface area (Å²) in [7, 11) is 0. The molecule has 1 amide bonds. The number of carbonyl (C=O) groups is 2. The van der Waals surface area contributed by atoms with Gasteiger partial charge in [-0.2, -0.15) is 0 Å². The van der Waals surface area contributed by atoms with E-state index in [2.05, 4.69) is 11.9 Å². The van der Waals surface area contributed by atoms with Crippen molar-refractivity contribution < 1.29 is 14.7 Å². The van der Waals surface area contributed by atoms with Crippen LogP contribution in [0.25, 0.3) is 0 Å². The fourth-order valence-electron chi connectivity index (χ4n) is 2.16.